The first-order chi connectivity index (χ1) is 7.99. The van der Waals surface area contributed by atoms with Crippen molar-refractivity contribution in [1.82, 2.24) is 9.88 Å². The smallest absolute Gasteiger partial charge is 0.276 e. The number of nitrogens with one attached hydrogen (secondary N) is 1. The molecule has 94 valence electrons. The number of anilines is 2. The van der Waals surface area contributed by atoms with Crippen LogP contribution in [0, 0.1) is 10.1 Å². The number of pyridine rings is 1. The monoisotopic (exact) mass is 239 g/mol. The summed E-state index contributed by atoms with van der Waals surface area (Å²) in [4.78, 5) is 16.2. The van der Waals surface area contributed by atoms with Gasteiger partial charge in [0.2, 0.25) is 0 Å². The first-order valence-electron chi connectivity index (χ1n) is 5.29. The zero-order chi connectivity index (χ0) is 12.8. The number of aromatic nitrogens is 1. The quantitative estimate of drug-likeness (QED) is 0.435. The van der Waals surface area contributed by atoms with Crippen molar-refractivity contribution < 1.29 is 4.92 Å². The molecule has 7 nitrogen and oxygen atoms in total. The van der Waals surface area contributed by atoms with Crippen LogP contribution in [0.15, 0.2) is 12.1 Å². The van der Waals surface area contributed by atoms with E-state index in [0.717, 1.165) is 13.0 Å². The lowest BCUT2D eigenvalue weighted by atomic mass is 10.3. The third kappa shape index (κ3) is 4.64. The van der Waals surface area contributed by atoms with Crippen LogP contribution in [-0.4, -0.2) is 42.0 Å². The Labute approximate surface area is 99.8 Å². The Morgan fingerprint density at radius 2 is 2.24 bits per heavy atom. The summed E-state index contributed by atoms with van der Waals surface area (Å²) in [5, 5.41) is 13.6. The van der Waals surface area contributed by atoms with Gasteiger partial charge in [-0.15, -0.1) is 0 Å². The van der Waals surface area contributed by atoms with Gasteiger partial charge in [0.15, 0.2) is 0 Å². The van der Waals surface area contributed by atoms with Gasteiger partial charge >= 0.3 is 0 Å². The number of hydrogen-bond donors (Lipinski definition) is 2. The van der Waals surface area contributed by atoms with Gasteiger partial charge < -0.3 is 16.0 Å². The molecular weight excluding hydrogens is 222 g/mol. The SMILES string of the molecule is CN(C)CCCNc1cc([N+](=O)[O-])cc(N)n1. The Bertz CT molecular complexity index is 394. The van der Waals surface area contributed by atoms with Crippen LogP contribution in [0.5, 0.6) is 0 Å². The molecule has 0 saturated carbocycles. The van der Waals surface area contributed by atoms with Crippen LogP contribution < -0.4 is 11.1 Å². The summed E-state index contributed by atoms with van der Waals surface area (Å²) in [6, 6.07) is 2.62. The van der Waals surface area contributed by atoms with Crippen LogP contribution in [0.1, 0.15) is 6.42 Å². The zero-order valence-corrected chi connectivity index (χ0v) is 10.0. The van der Waals surface area contributed by atoms with E-state index in [1.54, 1.807) is 0 Å². The maximum absolute atomic E-state index is 10.6. The second-order valence-corrected chi connectivity index (χ2v) is 3.98. The minimum Gasteiger partial charge on any atom is -0.383 e. The van der Waals surface area contributed by atoms with Gasteiger partial charge in [-0.2, -0.15) is 0 Å². The van der Waals surface area contributed by atoms with Crippen LogP contribution in [0.3, 0.4) is 0 Å². The van der Waals surface area contributed by atoms with Crippen molar-refractivity contribution in [2.24, 2.45) is 0 Å². The maximum atomic E-state index is 10.6. The Kier molecular flexibility index (Phi) is 4.65. The van der Waals surface area contributed by atoms with E-state index in [0.29, 0.717) is 12.4 Å². The summed E-state index contributed by atoms with van der Waals surface area (Å²) in [6.07, 6.45) is 0.928. The molecule has 17 heavy (non-hydrogen) atoms. The molecule has 0 radical (unpaired) electrons. The molecule has 1 aromatic heterocycles. The van der Waals surface area contributed by atoms with Crippen molar-refractivity contribution >= 4 is 17.3 Å². The minimum atomic E-state index is -0.483. The molecule has 0 aliphatic heterocycles. The maximum Gasteiger partial charge on any atom is 0.276 e. The third-order valence-corrected chi connectivity index (χ3v) is 2.13. The van der Waals surface area contributed by atoms with E-state index >= 15 is 0 Å². The third-order valence-electron chi connectivity index (χ3n) is 2.13. The molecular formula is C10H17N5O2. The molecule has 0 aromatic carbocycles. The molecule has 1 aromatic rings. The zero-order valence-electron chi connectivity index (χ0n) is 10.0. The predicted molar refractivity (Wildman–Crippen MR) is 67.0 cm³/mol. The fourth-order valence-electron chi connectivity index (χ4n) is 1.34. The van der Waals surface area contributed by atoms with Crippen molar-refractivity contribution in [2.45, 2.75) is 6.42 Å². The highest BCUT2D eigenvalue weighted by Crippen LogP contribution is 2.18. The van der Waals surface area contributed by atoms with Crippen LogP contribution in [0.2, 0.25) is 0 Å². The Hall–Kier alpha value is -1.89. The van der Waals surface area contributed by atoms with E-state index in [1.807, 2.05) is 14.1 Å². The number of nitrogen functional groups attached to an aromatic ring is 1. The number of nitrogens with zero attached hydrogens (tertiary/aromatic N) is 3. The lowest BCUT2D eigenvalue weighted by molar-refractivity contribution is -0.384. The molecule has 0 saturated heterocycles. The van der Waals surface area contributed by atoms with Crippen molar-refractivity contribution in [3.05, 3.63) is 22.2 Å². The van der Waals surface area contributed by atoms with Gasteiger partial charge in [-0.25, -0.2) is 4.98 Å². The van der Waals surface area contributed by atoms with Gasteiger partial charge in [0, 0.05) is 6.54 Å². The average molecular weight is 239 g/mol. The van der Waals surface area contributed by atoms with Gasteiger partial charge in [-0.05, 0) is 27.1 Å². The van der Waals surface area contributed by atoms with E-state index in [4.69, 9.17) is 5.73 Å². The second-order valence-electron chi connectivity index (χ2n) is 3.98. The summed E-state index contributed by atoms with van der Waals surface area (Å²) in [6.45, 7) is 1.64. The number of nitrogens with two attached hydrogens (primary N) is 1. The summed E-state index contributed by atoms with van der Waals surface area (Å²) in [7, 11) is 3.98. The fourth-order valence-corrected chi connectivity index (χ4v) is 1.34. The molecule has 0 spiro atoms. The van der Waals surface area contributed by atoms with Crippen molar-refractivity contribution in [3.63, 3.8) is 0 Å². The first kappa shape index (κ1) is 13.2. The average Bonchev–Trinajstić information content (AvgIpc) is 2.23. The number of nitro groups is 1. The van der Waals surface area contributed by atoms with Gasteiger partial charge in [-0.3, -0.25) is 10.1 Å². The predicted octanol–water partition coefficient (Wildman–Crippen LogP) is 0.936. The van der Waals surface area contributed by atoms with Crippen molar-refractivity contribution in [1.29, 1.82) is 0 Å². The highest BCUT2D eigenvalue weighted by molar-refractivity contribution is 5.52. The molecule has 0 atom stereocenters. The van der Waals surface area contributed by atoms with Gasteiger partial charge in [0.1, 0.15) is 11.6 Å². The van der Waals surface area contributed by atoms with Crippen molar-refractivity contribution in [2.75, 3.05) is 38.2 Å². The molecule has 0 fully saturated rings. The van der Waals surface area contributed by atoms with E-state index in [1.165, 1.54) is 12.1 Å². The van der Waals surface area contributed by atoms with Crippen molar-refractivity contribution in [3.8, 4) is 0 Å². The summed E-state index contributed by atoms with van der Waals surface area (Å²) < 4.78 is 0. The van der Waals surface area contributed by atoms with Gasteiger partial charge in [-0.1, -0.05) is 0 Å². The normalized spacial score (nSPS) is 10.5. The molecule has 0 aliphatic rings. The Morgan fingerprint density at radius 1 is 1.53 bits per heavy atom. The summed E-state index contributed by atoms with van der Waals surface area (Å²) in [5.41, 5.74) is 5.44. The Balaban J connectivity index is 2.56. The number of rotatable bonds is 6. The van der Waals surface area contributed by atoms with Crippen LogP contribution in [0.25, 0.3) is 0 Å². The van der Waals surface area contributed by atoms with E-state index in [2.05, 4.69) is 15.2 Å². The molecule has 7 heteroatoms. The van der Waals surface area contributed by atoms with E-state index < -0.39 is 4.92 Å². The lowest BCUT2D eigenvalue weighted by Gasteiger charge is -2.10. The largest absolute Gasteiger partial charge is 0.383 e. The van der Waals surface area contributed by atoms with Crippen LogP contribution >= 0.6 is 0 Å². The van der Waals surface area contributed by atoms with Crippen LogP contribution in [-0.2, 0) is 0 Å². The van der Waals surface area contributed by atoms with E-state index in [-0.39, 0.29) is 11.5 Å². The molecule has 0 unspecified atom stereocenters. The minimum absolute atomic E-state index is 0.0485. The molecule has 0 amide bonds. The van der Waals surface area contributed by atoms with Crippen LogP contribution in [0.4, 0.5) is 17.3 Å². The topological polar surface area (TPSA) is 97.3 Å². The Morgan fingerprint density at radius 3 is 2.82 bits per heavy atom. The molecule has 1 heterocycles. The number of hydrogen-bond acceptors (Lipinski definition) is 6. The standard InChI is InChI=1S/C10H17N5O2/c1-14(2)5-3-4-12-10-7-8(15(16)17)6-9(11)13-10/h6-7H,3-5H2,1-2H3,(H3,11,12,13). The van der Waals surface area contributed by atoms with Gasteiger partial charge in [0.25, 0.3) is 5.69 Å². The lowest BCUT2D eigenvalue weighted by Crippen LogP contribution is -2.16. The van der Waals surface area contributed by atoms with Gasteiger partial charge in [0.05, 0.1) is 17.1 Å². The summed E-state index contributed by atoms with van der Waals surface area (Å²) in [5.74, 6) is 0.588. The summed E-state index contributed by atoms with van der Waals surface area (Å²) >= 11 is 0. The first-order valence-corrected chi connectivity index (χ1v) is 5.29. The highest BCUT2D eigenvalue weighted by Gasteiger charge is 2.09. The second kappa shape index (κ2) is 6.00. The molecule has 1 rings (SSSR count). The molecule has 3 N–H and O–H groups in total. The molecule has 0 aliphatic carbocycles. The van der Waals surface area contributed by atoms with E-state index in [9.17, 15) is 10.1 Å². The molecule has 0 bridgehead atoms. The highest BCUT2D eigenvalue weighted by atomic mass is 16.6. The fraction of sp³-hybridized carbons (Fsp3) is 0.500.